The Morgan fingerprint density at radius 3 is 2.48 bits per heavy atom. The molecule has 1 aromatic rings. The van der Waals surface area contributed by atoms with E-state index in [9.17, 15) is 4.79 Å². The number of urea groups is 1. The highest BCUT2D eigenvalue weighted by atomic mass is 16.5. The third kappa shape index (κ3) is 2.64. The normalized spacial score (nSPS) is 12.7. The molecule has 0 radical (unpaired) electrons. The van der Waals surface area contributed by atoms with Crippen molar-refractivity contribution in [1.29, 1.82) is 0 Å². The maximum Gasteiger partial charge on any atom is 0.332 e. The van der Waals surface area contributed by atoms with Crippen LogP contribution in [0.1, 0.15) is 11.1 Å². The molecule has 0 atom stereocenters. The van der Waals surface area contributed by atoms with Crippen molar-refractivity contribution in [1.82, 2.24) is 5.43 Å². The van der Waals surface area contributed by atoms with Crippen LogP contribution < -0.4 is 30.1 Å². The van der Waals surface area contributed by atoms with Crippen molar-refractivity contribution in [2.45, 2.75) is 6.42 Å². The highest BCUT2D eigenvalue weighted by Crippen LogP contribution is 2.50. The van der Waals surface area contributed by atoms with Crippen LogP contribution >= 0.6 is 0 Å². The first-order valence-corrected chi connectivity index (χ1v) is 6.20. The lowest BCUT2D eigenvalue weighted by Gasteiger charge is -2.17. The summed E-state index contributed by atoms with van der Waals surface area (Å²) >= 11 is 0. The van der Waals surface area contributed by atoms with E-state index in [0.717, 1.165) is 5.56 Å². The first-order valence-electron chi connectivity index (χ1n) is 6.20. The summed E-state index contributed by atoms with van der Waals surface area (Å²) in [5, 5.41) is 3.75. The van der Waals surface area contributed by atoms with E-state index < -0.39 is 6.03 Å². The highest BCUT2D eigenvalue weighted by Gasteiger charge is 2.30. The van der Waals surface area contributed by atoms with Crippen molar-refractivity contribution < 1.29 is 23.7 Å². The van der Waals surface area contributed by atoms with Crippen LogP contribution in [-0.2, 0) is 6.42 Å². The van der Waals surface area contributed by atoms with Gasteiger partial charge in [0.25, 0.3) is 0 Å². The van der Waals surface area contributed by atoms with Crippen LogP contribution in [0.25, 0.3) is 0 Å². The zero-order valence-corrected chi connectivity index (χ0v) is 12.1. The number of hydrazone groups is 1. The van der Waals surface area contributed by atoms with Gasteiger partial charge in [-0.2, -0.15) is 5.10 Å². The van der Waals surface area contributed by atoms with E-state index in [1.807, 2.05) is 0 Å². The number of fused-ring (bicyclic) bond motifs is 1. The number of hydrogen-bond donors (Lipinski definition) is 2. The molecular formula is C13H17N3O5. The van der Waals surface area contributed by atoms with Crippen molar-refractivity contribution in [3.63, 3.8) is 0 Å². The Morgan fingerprint density at radius 1 is 1.24 bits per heavy atom. The number of methoxy groups -OCH3 is 3. The van der Waals surface area contributed by atoms with Gasteiger partial charge in [0.1, 0.15) is 5.75 Å². The molecule has 2 amide bonds. The Labute approximate surface area is 121 Å². The number of amides is 2. The molecule has 0 fully saturated rings. The summed E-state index contributed by atoms with van der Waals surface area (Å²) in [6, 6.07) is -0.763. The van der Waals surface area contributed by atoms with Gasteiger partial charge in [-0.1, -0.05) is 0 Å². The first kappa shape index (κ1) is 14.8. The van der Waals surface area contributed by atoms with Crippen LogP contribution in [0, 0.1) is 0 Å². The fourth-order valence-corrected chi connectivity index (χ4v) is 2.27. The van der Waals surface area contributed by atoms with Crippen LogP contribution in [0.4, 0.5) is 4.79 Å². The lowest BCUT2D eigenvalue weighted by atomic mass is 10.0. The number of hydrogen-bond acceptors (Lipinski definition) is 6. The summed E-state index contributed by atoms with van der Waals surface area (Å²) in [6.07, 6.45) is 2.08. The number of carbonyl (C=O) groups is 1. The summed E-state index contributed by atoms with van der Waals surface area (Å²) in [5.41, 5.74) is 8.51. The van der Waals surface area contributed by atoms with Gasteiger partial charge in [-0.05, 0) is 0 Å². The molecule has 0 saturated heterocycles. The third-order valence-corrected chi connectivity index (χ3v) is 3.03. The Balaban J connectivity index is 2.60. The largest absolute Gasteiger partial charge is 0.495 e. The third-order valence-electron chi connectivity index (χ3n) is 3.03. The van der Waals surface area contributed by atoms with Crippen LogP contribution in [0.5, 0.6) is 23.0 Å². The Hall–Kier alpha value is -2.64. The molecule has 2 rings (SSSR count). The minimum Gasteiger partial charge on any atom is -0.495 e. The number of primary amides is 1. The molecule has 3 N–H and O–H groups in total. The number of benzene rings is 1. The molecular weight excluding hydrogens is 278 g/mol. The van der Waals surface area contributed by atoms with Crippen molar-refractivity contribution in [3.8, 4) is 23.0 Å². The van der Waals surface area contributed by atoms with Crippen LogP contribution in [0.15, 0.2) is 5.10 Å². The molecule has 0 spiro atoms. The van der Waals surface area contributed by atoms with E-state index >= 15 is 0 Å². The Morgan fingerprint density at radius 2 is 1.90 bits per heavy atom. The molecule has 0 aliphatic carbocycles. The molecule has 1 heterocycles. The highest BCUT2D eigenvalue weighted by molar-refractivity contribution is 5.92. The molecule has 114 valence electrons. The predicted octanol–water partition coefficient (Wildman–Crippen LogP) is 0.649. The lowest BCUT2D eigenvalue weighted by Crippen LogP contribution is -2.24. The van der Waals surface area contributed by atoms with Crippen molar-refractivity contribution in [3.05, 3.63) is 11.1 Å². The Bertz CT molecular complexity index is 586. The van der Waals surface area contributed by atoms with Gasteiger partial charge >= 0.3 is 6.03 Å². The van der Waals surface area contributed by atoms with Gasteiger partial charge in [0.05, 0.1) is 39.7 Å². The fraction of sp³-hybridized carbons (Fsp3) is 0.385. The summed E-state index contributed by atoms with van der Waals surface area (Å²) < 4.78 is 21.8. The number of nitrogens with one attached hydrogen (secondary N) is 1. The predicted molar refractivity (Wildman–Crippen MR) is 75.6 cm³/mol. The second-order valence-corrected chi connectivity index (χ2v) is 4.15. The van der Waals surface area contributed by atoms with Gasteiger partial charge in [0, 0.05) is 12.0 Å². The summed E-state index contributed by atoms with van der Waals surface area (Å²) in [5.74, 6) is 2.04. The molecule has 1 aliphatic rings. The summed E-state index contributed by atoms with van der Waals surface area (Å²) in [7, 11) is 4.56. The zero-order chi connectivity index (χ0) is 15.4. The average Bonchev–Trinajstić information content (AvgIpc) is 2.94. The molecule has 0 unspecified atom stereocenters. The molecule has 1 aliphatic heterocycles. The molecule has 8 nitrogen and oxygen atoms in total. The van der Waals surface area contributed by atoms with Crippen molar-refractivity contribution in [2.24, 2.45) is 10.8 Å². The van der Waals surface area contributed by atoms with Crippen molar-refractivity contribution >= 4 is 12.2 Å². The lowest BCUT2D eigenvalue weighted by molar-refractivity contribution is 0.249. The van der Waals surface area contributed by atoms with Gasteiger partial charge in [-0.25, -0.2) is 10.2 Å². The minimum absolute atomic E-state index is 0.407. The molecule has 21 heavy (non-hydrogen) atoms. The number of ether oxygens (including phenoxy) is 4. The van der Waals surface area contributed by atoms with Gasteiger partial charge in [-0.15, -0.1) is 0 Å². The molecule has 0 bridgehead atoms. The van der Waals surface area contributed by atoms with Gasteiger partial charge in [0.2, 0.25) is 5.75 Å². The average molecular weight is 295 g/mol. The van der Waals surface area contributed by atoms with Crippen molar-refractivity contribution in [2.75, 3.05) is 27.9 Å². The van der Waals surface area contributed by atoms with Gasteiger partial charge in [0.15, 0.2) is 11.5 Å². The second-order valence-electron chi connectivity index (χ2n) is 4.15. The van der Waals surface area contributed by atoms with Gasteiger partial charge < -0.3 is 24.7 Å². The van der Waals surface area contributed by atoms with E-state index in [1.54, 1.807) is 7.11 Å². The van der Waals surface area contributed by atoms with Gasteiger partial charge in [-0.3, -0.25) is 0 Å². The molecule has 1 aromatic carbocycles. The number of nitrogens with zero attached hydrogens (tertiary/aromatic N) is 1. The summed E-state index contributed by atoms with van der Waals surface area (Å²) in [4.78, 5) is 10.7. The standard InChI is InChI=1S/C13H17N3O5/c1-18-9-7-4-5-21-11(7)12(20-3)10(19-2)8(9)6-15-16-13(14)17/h6H,4-5H2,1-3H3,(H3,14,16,17)/b15-6+. The zero-order valence-electron chi connectivity index (χ0n) is 12.1. The number of nitrogens with two attached hydrogens (primary N) is 1. The minimum atomic E-state index is -0.763. The van der Waals surface area contributed by atoms with E-state index in [1.165, 1.54) is 20.4 Å². The second kappa shape index (κ2) is 6.21. The summed E-state index contributed by atoms with van der Waals surface area (Å²) in [6.45, 7) is 0.533. The molecule has 0 saturated carbocycles. The molecule has 0 aromatic heterocycles. The van der Waals surface area contributed by atoms with E-state index in [0.29, 0.717) is 41.6 Å². The smallest absolute Gasteiger partial charge is 0.332 e. The maximum atomic E-state index is 10.7. The van der Waals surface area contributed by atoms with E-state index in [4.69, 9.17) is 24.7 Å². The van der Waals surface area contributed by atoms with Crippen LogP contribution in [-0.4, -0.2) is 40.2 Å². The monoisotopic (exact) mass is 295 g/mol. The SMILES string of the molecule is COc1c(/C=N/NC(N)=O)c(OC)c(OC)c2c1CCO2. The molecule has 8 heteroatoms. The maximum absolute atomic E-state index is 10.7. The number of rotatable bonds is 5. The van der Waals surface area contributed by atoms with E-state index in [-0.39, 0.29) is 0 Å². The van der Waals surface area contributed by atoms with E-state index in [2.05, 4.69) is 10.5 Å². The quantitative estimate of drug-likeness (QED) is 0.613. The topological polar surface area (TPSA) is 104 Å². The van der Waals surface area contributed by atoms with Crippen LogP contribution in [0.3, 0.4) is 0 Å². The Kier molecular flexibility index (Phi) is 4.36. The number of carbonyl (C=O) groups excluding carboxylic acids is 1. The first-order chi connectivity index (χ1) is 10.1. The van der Waals surface area contributed by atoms with Crippen LogP contribution in [0.2, 0.25) is 0 Å². The fourth-order valence-electron chi connectivity index (χ4n) is 2.27.